The number of likely N-dealkylation sites (tertiary alicyclic amines) is 1. The molecule has 2 atom stereocenters. The predicted molar refractivity (Wildman–Crippen MR) is 114 cm³/mol. The summed E-state index contributed by atoms with van der Waals surface area (Å²) < 4.78 is 11.4. The van der Waals surface area contributed by atoms with Gasteiger partial charge in [0.05, 0.1) is 13.2 Å². The summed E-state index contributed by atoms with van der Waals surface area (Å²) in [7, 11) is 0. The standard InChI is InChI=1S/C22H36N4O2/c1-3-23-22(24-15-18(2)28-21-7-5-4-6-8-21)25-20-9-12-26(13-10-20)16-19-11-14-27-17-19/h4-8,18-20H,3,9-17H2,1-2H3,(H2,23,24,25). The number of piperidine rings is 1. The summed E-state index contributed by atoms with van der Waals surface area (Å²) in [5.41, 5.74) is 0. The second-order valence-electron chi connectivity index (χ2n) is 7.91. The maximum absolute atomic E-state index is 5.93. The van der Waals surface area contributed by atoms with Crippen molar-refractivity contribution in [2.75, 3.05) is 45.9 Å². The molecule has 0 bridgehead atoms. The van der Waals surface area contributed by atoms with Gasteiger partial charge in [-0.15, -0.1) is 0 Å². The average Bonchev–Trinajstić information content (AvgIpc) is 3.22. The summed E-state index contributed by atoms with van der Waals surface area (Å²) >= 11 is 0. The van der Waals surface area contributed by atoms with E-state index in [1.54, 1.807) is 0 Å². The van der Waals surface area contributed by atoms with Gasteiger partial charge in [0.1, 0.15) is 11.9 Å². The first kappa shape index (κ1) is 20.9. The van der Waals surface area contributed by atoms with Crippen molar-refractivity contribution < 1.29 is 9.47 Å². The molecule has 0 radical (unpaired) electrons. The molecule has 2 unspecified atom stereocenters. The van der Waals surface area contributed by atoms with Crippen LogP contribution in [0.15, 0.2) is 35.3 Å². The molecule has 0 amide bonds. The molecule has 28 heavy (non-hydrogen) atoms. The van der Waals surface area contributed by atoms with Crippen LogP contribution in [0.5, 0.6) is 5.75 Å². The molecule has 2 aliphatic rings. The van der Waals surface area contributed by atoms with Crippen LogP contribution in [0.4, 0.5) is 0 Å². The molecule has 1 aromatic rings. The lowest BCUT2D eigenvalue weighted by Gasteiger charge is -2.34. The second-order valence-corrected chi connectivity index (χ2v) is 7.91. The van der Waals surface area contributed by atoms with Crippen molar-refractivity contribution in [1.29, 1.82) is 0 Å². The number of para-hydroxylation sites is 1. The number of nitrogens with zero attached hydrogens (tertiary/aromatic N) is 2. The van der Waals surface area contributed by atoms with Crippen molar-refractivity contribution in [3.63, 3.8) is 0 Å². The van der Waals surface area contributed by atoms with Crippen LogP contribution >= 0.6 is 0 Å². The Morgan fingerprint density at radius 2 is 2.04 bits per heavy atom. The van der Waals surface area contributed by atoms with Gasteiger partial charge in [-0.2, -0.15) is 0 Å². The maximum atomic E-state index is 5.93. The second kappa shape index (κ2) is 11.3. The van der Waals surface area contributed by atoms with Gasteiger partial charge in [0.25, 0.3) is 0 Å². The number of benzene rings is 1. The molecule has 3 rings (SSSR count). The molecular formula is C22H36N4O2. The molecule has 6 nitrogen and oxygen atoms in total. The fraction of sp³-hybridized carbons (Fsp3) is 0.682. The molecule has 2 heterocycles. The van der Waals surface area contributed by atoms with Crippen molar-refractivity contribution in [3.8, 4) is 5.75 Å². The van der Waals surface area contributed by atoms with Crippen LogP contribution in [0.25, 0.3) is 0 Å². The van der Waals surface area contributed by atoms with Crippen LogP contribution < -0.4 is 15.4 Å². The number of guanidine groups is 1. The third kappa shape index (κ3) is 6.99. The van der Waals surface area contributed by atoms with E-state index in [1.807, 2.05) is 30.3 Å². The fourth-order valence-corrected chi connectivity index (χ4v) is 3.85. The van der Waals surface area contributed by atoms with Crippen molar-refractivity contribution in [2.45, 2.75) is 45.3 Å². The first-order chi connectivity index (χ1) is 13.7. The van der Waals surface area contributed by atoms with Crippen LogP contribution in [0.2, 0.25) is 0 Å². The highest BCUT2D eigenvalue weighted by molar-refractivity contribution is 5.80. The lowest BCUT2D eigenvalue weighted by atomic mass is 10.0. The Balaban J connectivity index is 1.41. The van der Waals surface area contributed by atoms with Crippen LogP contribution in [-0.2, 0) is 4.74 Å². The van der Waals surface area contributed by atoms with E-state index in [-0.39, 0.29) is 6.10 Å². The highest BCUT2D eigenvalue weighted by Gasteiger charge is 2.24. The normalized spacial score (nSPS) is 22.8. The quantitative estimate of drug-likeness (QED) is 0.529. The van der Waals surface area contributed by atoms with Crippen molar-refractivity contribution in [3.05, 3.63) is 30.3 Å². The molecule has 156 valence electrons. The van der Waals surface area contributed by atoms with Gasteiger partial charge in [-0.1, -0.05) is 18.2 Å². The Kier molecular flexibility index (Phi) is 8.42. The third-order valence-corrected chi connectivity index (χ3v) is 5.40. The number of nitrogens with one attached hydrogen (secondary N) is 2. The van der Waals surface area contributed by atoms with Crippen LogP contribution in [0.3, 0.4) is 0 Å². The molecule has 1 aromatic carbocycles. The van der Waals surface area contributed by atoms with E-state index in [2.05, 4.69) is 29.4 Å². The molecule has 2 N–H and O–H groups in total. The first-order valence-corrected chi connectivity index (χ1v) is 10.8. The lowest BCUT2D eigenvalue weighted by molar-refractivity contribution is 0.150. The highest BCUT2D eigenvalue weighted by atomic mass is 16.5. The number of aliphatic imine (C=N–C) groups is 1. The SMILES string of the molecule is CCNC(=NCC(C)Oc1ccccc1)NC1CCN(CC2CCOC2)CC1. The minimum atomic E-state index is 0.0355. The summed E-state index contributed by atoms with van der Waals surface area (Å²) in [6.45, 7) is 11.0. The Morgan fingerprint density at radius 1 is 1.25 bits per heavy atom. The Bertz CT molecular complexity index is 581. The zero-order valence-electron chi connectivity index (χ0n) is 17.4. The molecule has 2 aliphatic heterocycles. The van der Waals surface area contributed by atoms with Gasteiger partial charge in [0.2, 0.25) is 0 Å². The van der Waals surface area contributed by atoms with Crippen LogP contribution in [0, 0.1) is 5.92 Å². The fourth-order valence-electron chi connectivity index (χ4n) is 3.85. The number of hydrogen-bond acceptors (Lipinski definition) is 4. The molecule has 2 fully saturated rings. The van der Waals surface area contributed by atoms with Crippen molar-refractivity contribution in [1.82, 2.24) is 15.5 Å². The number of ether oxygens (including phenoxy) is 2. The third-order valence-electron chi connectivity index (χ3n) is 5.40. The van der Waals surface area contributed by atoms with Gasteiger partial charge in [-0.05, 0) is 51.2 Å². The van der Waals surface area contributed by atoms with Gasteiger partial charge < -0.3 is 25.0 Å². The first-order valence-electron chi connectivity index (χ1n) is 10.8. The molecule has 0 spiro atoms. The van der Waals surface area contributed by atoms with E-state index < -0.39 is 0 Å². The summed E-state index contributed by atoms with van der Waals surface area (Å²) in [5.74, 6) is 2.52. The van der Waals surface area contributed by atoms with E-state index in [0.29, 0.717) is 12.6 Å². The predicted octanol–water partition coefficient (Wildman–Crippen LogP) is 2.51. The Labute approximate surface area is 169 Å². The average molecular weight is 389 g/mol. The summed E-state index contributed by atoms with van der Waals surface area (Å²) in [5, 5.41) is 6.99. The minimum absolute atomic E-state index is 0.0355. The molecular weight excluding hydrogens is 352 g/mol. The topological polar surface area (TPSA) is 58.1 Å². The monoisotopic (exact) mass is 388 g/mol. The molecule has 6 heteroatoms. The van der Waals surface area contributed by atoms with Gasteiger partial charge in [-0.3, -0.25) is 0 Å². The van der Waals surface area contributed by atoms with E-state index in [9.17, 15) is 0 Å². The number of rotatable bonds is 8. The summed E-state index contributed by atoms with van der Waals surface area (Å²) in [4.78, 5) is 7.34. The van der Waals surface area contributed by atoms with Gasteiger partial charge in [-0.25, -0.2) is 4.99 Å². The minimum Gasteiger partial charge on any atom is -0.489 e. The summed E-state index contributed by atoms with van der Waals surface area (Å²) in [6, 6.07) is 10.4. The van der Waals surface area contributed by atoms with Crippen molar-refractivity contribution in [2.24, 2.45) is 10.9 Å². The zero-order valence-corrected chi connectivity index (χ0v) is 17.4. The van der Waals surface area contributed by atoms with E-state index in [4.69, 9.17) is 14.5 Å². The highest BCUT2D eigenvalue weighted by Crippen LogP contribution is 2.17. The van der Waals surface area contributed by atoms with Crippen LogP contribution in [0.1, 0.15) is 33.1 Å². The molecule has 0 saturated carbocycles. The summed E-state index contributed by atoms with van der Waals surface area (Å²) in [6.07, 6.45) is 3.58. The maximum Gasteiger partial charge on any atom is 0.191 e. The van der Waals surface area contributed by atoms with Crippen molar-refractivity contribution >= 4 is 5.96 Å². The van der Waals surface area contributed by atoms with E-state index >= 15 is 0 Å². The molecule has 0 aromatic heterocycles. The van der Waals surface area contributed by atoms with Crippen LogP contribution in [-0.4, -0.2) is 68.9 Å². The van der Waals surface area contributed by atoms with Gasteiger partial charge in [0.15, 0.2) is 5.96 Å². The Morgan fingerprint density at radius 3 is 2.71 bits per heavy atom. The molecule has 0 aliphatic carbocycles. The largest absolute Gasteiger partial charge is 0.489 e. The zero-order chi connectivity index (χ0) is 19.6. The van der Waals surface area contributed by atoms with Gasteiger partial charge in [0, 0.05) is 38.8 Å². The lowest BCUT2D eigenvalue weighted by Crippen LogP contribution is -2.49. The smallest absolute Gasteiger partial charge is 0.191 e. The van der Waals surface area contributed by atoms with E-state index in [0.717, 1.165) is 63.3 Å². The van der Waals surface area contributed by atoms with E-state index in [1.165, 1.54) is 13.0 Å². The number of hydrogen-bond donors (Lipinski definition) is 2. The molecule has 2 saturated heterocycles. The Hall–Kier alpha value is -1.79. The van der Waals surface area contributed by atoms with Gasteiger partial charge >= 0.3 is 0 Å².